The van der Waals surface area contributed by atoms with E-state index in [2.05, 4.69) is 20.9 Å². The molecule has 0 aliphatic carbocycles. The van der Waals surface area contributed by atoms with Crippen molar-refractivity contribution in [2.75, 3.05) is 0 Å². The molecule has 0 unspecified atom stereocenters. The molecule has 0 saturated carbocycles. The first-order valence-corrected chi connectivity index (χ1v) is 6.65. The summed E-state index contributed by atoms with van der Waals surface area (Å²) in [6, 6.07) is 1.43. The maximum Gasteiger partial charge on any atom is 0.194 e. The van der Waals surface area contributed by atoms with Crippen molar-refractivity contribution in [3.05, 3.63) is 43.4 Å². The van der Waals surface area contributed by atoms with Crippen molar-refractivity contribution in [1.82, 2.24) is 4.98 Å². The third kappa shape index (κ3) is 1.88. The van der Waals surface area contributed by atoms with Crippen LogP contribution in [-0.2, 0) is 0 Å². The molecule has 0 atom stereocenters. The Bertz CT molecular complexity index is 688. The van der Waals surface area contributed by atoms with Crippen LogP contribution in [0.5, 0.6) is 0 Å². The van der Waals surface area contributed by atoms with Crippen molar-refractivity contribution in [2.24, 2.45) is 0 Å². The maximum atomic E-state index is 13.7. The molecule has 1 aromatic carbocycles. The molecule has 0 spiro atoms. The van der Waals surface area contributed by atoms with E-state index in [9.17, 15) is 9.18 Å². The van der Waals surface area contributed by atoms with E-state index >= 15 is 0 Å². The first-order chi connectivity index (χ1) is 8.34. The molecule has 0 amide bonds. The van der Waals surface area contributed by atoms with Crippen molar-refractivity contribution in [3.63, 3.8) is 0 Å². The smallest absolute Gasteiger partial charge is 0.194 e. The summed E-state index contributed by atoms with van der Waals surface area (Å²) in [6.07, 6.45) is 0. The van der Waals surface area contributed by atoms with Crippen LogP contribution in [0.15, 0.2) is 15.3 Å². The van der Waals surface area contributed by atoms with Crippen LogP contribution in [0.4, 0.5) is 4.39 Å². The van der Waals surface area contributed by atoms with E-state index in [4.69, 9.17) is 0 Å². The number of aromatic nitrogens is 1. The first-order valence-electron chi connectivity index (χ1n) is 5.85. The fourth-order valence-corrected chi connectivity index (χ4v) is 2.87. The molecule has 0 fully saturated rings. The lowest BCUT2D eigenvalue weighted by atomic mass is 9.98. The first kappa shape index (κ1) is 13.3. The van der Waals surface area contributed by atoms with Gasteiger partial charge in [-0.05, 0) is 47.3 Å². The fourth-order valence-electron chi connectivity index (χ4n) is 2.38. The minimum atomic E-state index is -0.399. The monoisotopic (exact) mass is 311 g/mol. The number of hydrogen-bond acceptors (Lipinski definition) is 1. The van der Waals surface area contributed by atoms with Crippen LogP contribution in [0.25, 0.3) is 10.9 Å². The molecule has 0 aliphatic heterocycles. The van der Waals surface area contributed by atoms with Gasteiger partial charge in [-0.25, -0.2) is 4.39 Å². The van der Waals surface area contributed by atoms with Gasteiger partial charge in [-0.1, -0.05) is 13.8 Å². The van der Waals surface area contributed by atoms with E-state index in [1.54, 1.807) is 6.92 Å². The normalized spacial score (nSPS) is 11.5. The average molecular weight is 312 g/mol. The van der Waals surface area contributed by atoms with E-state index in [-0.39, 0.29) is 15.8 Å². The van der Waals surface area contributed by atoms with Gasteiger partial charge in [0.2, 0.25) is 0 Å². The van der Waals surface area contributed by atoms with Gasteiger partial charge in [0.05, 0.1) is 15.4 Å². The number of H-pyrrole nitrogens is 1. The molecule has 1 N–H and O–H groups in total. The van der Waals surface area contributed by atoms with Crippen molar-refractivity contribution in [1.29, 1.82) is 0 Å². The average Bonchev–Trinajstić information content (AvgIpc) is 2.25. The van der Waals surface area contributed by atoms with Crippen molar-refractivity contribution in [3.8, 4) is 0 Å². The van der Waals surface area contributed by atoms with Crippen LogP contribution in [0.1, 0.15) is 36.6 Å². The van der Waals surface area contributed by atoms with Crippen molar-refractivity contribution >= 4 is 26.8 Å². The summed E-state index contributed by atoms with van der Waals surface area (Å²) >= 11 is 3.18. The lowest BCUT2D eigenvalue weighted by Gasteiger charge is -2.13. The van der Waals surface area contributed by atoms with Crippen LogP contribution in [-0.4, -0.2) is 4.98 Å². The van der Waals surface area contributed by atoms with Gasteiger partial charge in [0.1, 0.15) is 5.82 Å². The Kier molecular flexibility index (Phi) is 3.32. The van der Waals surface area contributed by atoms with Gasteiger partial charge in [-0.15, -0.1) is 0 Å². The van der Waals surface area contributed by atoms with E-state index in [1.807, 2.05) is 20.8 Å². The Labute approximate surface area is 113 Å². The minimum Gasteiger partial charge on any atom is -0.358 e. The molecular formula is C14H15BrFNO. The van der Waals surface area contributed by atoms with Crippen molar-refractivity contribution < 1.29 is 4.39 Å². The highest BCUT2D eigenvalue weighted by Crippen LogP contribution is 2.28. The topological polar surface area (TPSA) is 32.9 Å². The van der Waals surface area contributed by atoms with E-state index in [0.29, 0.717) is 16.5 Å². The second kappa shape index (κ2) is 4.50. The molecule has 2 aromatic rings. The van der Waals surface area contributed by atoms with Gasteiger partial charge in [0, 0.05) is 11.3 Å². The van der Waals surface area contributed by atoms with Crippen LogP contribution >= 0.6 is 15.9 Å². The maximum absolute atomic E-state index is 13.7. The summed E-state index contributed by atoms with van der Waals surface area (Å²) in [5, 5.41) is 0.404. The molecule has 0 saturated heterocycles. The highest BCUT2D eigenvalue weighted by Gasteiger charge is 2.17. The van der Waals surface area contributed by atoms with Gasteiger partial charge < -0.3 is 4.98 Å². The summed E-state index contributed by atoms with van der Waals surface area (Å²) in [5.74, 6) is -0.294. The third-order valence-corrected chi connectivity index (χ3v) is 3.96. The number of pyridine rings is 1. The van der Waals surface area contributed by atoms with Gasteiger partial charge >= 0.3 is 0 Å². The Morgan fingerprint density at radius 2 is 1.94 bits per heavy atom. The third-order valence-electron chi connectivity index (χ3n) is 3.18. The molecule has 1 aromatic heterocycles. The molecule has 1 heterocycles. The number of nitrogens with one attached hydrogen (secondary N) is 1. The zero-order valence-electron chi connectivity index (χ0n) is 10.8. The molecule has 2 rings (SSSR count). The molecular weight excluding hydrogens is 297 g/mol. The van der Waals surface area contributed by atoms with Gasteiger partial charge in [-0.3, -0.25) is 4.79 Å². The molecule has 18 heavy (non-hydrogen) atoms. The predicted octanol–water partition coefficient (Wildman–Crippen LogP) is 4.17. The zero-order chi connectivity index (χ0) is 13.6. The number of fused-ring (bicyclic) bond motifs is 1. The summed E-state index contributed by atoms with van der Waals surface area (Å²) in [5.41, 5.74) is 2.92. The predicted molar refractivity (Wildman–Crippen MR) is 75.8 cm³/mol. The fraction of sp³-hybridized carbons (Fsp3) is 0.357. The molecule has 96 valence electrons. The SMILES string of the molecule is Cc1[nH]c2c(C)cc(F)c(Br)c2c(=O)c1C(C)C. The van der Waals surface area contributed by atoms with E-state index < -0.39 is 5.82 Å². The number of benzene rings is 1. The number of hydrogen-bond donors (Lipinski definition) is 1. The summed E-state index contributed by atoms with van der Waals surface area (Å²) in [7, 11) is 0. The van der Waals surface area contributed by atoms with Gasteiger partial charge in [-0.2, -0.15) is 0 Å². The quantitative estimate of drug-likeness (QED) is 0.842. The number of aryl methyl sites for hydroxylation is 2. The minimum absolute atomic E-state index is 0.0919. The Morgan fingerprint density at radius 3 is 2.50 bits per heavy atom. The molecule has 0 bridgehead atoms. The van der Waals surface area contributed by atoms with E-state index in [1.165, 1.54) is 6.07 Å². The van der Waals surface area contributed by atoms with Crippen LogP contribution in [0, 0.1) is 19.7 Å². The Morgan fingerprint density at radius 1 is 1.33 bits per heavy atom. The van der Waals surface area contributed by atoms with Crippen LogP contribution in [0.2, 0.25) is 0 Å². The standard InChI is InChI=1S/C14H15BrFNO/c1-6(2)10-8(4)17-13-7(3)5-9(16)12(15)11(13)14(10)18/h5-6H,1-4H3,(H,17,18). The van der Waals surface area contributed by atoms with Crippen molar-refractivity contribution in [2.45, 2.75) is 33.6 Å². The summed E-state index contributed by atoms with van der Waals surface area (Å²) < 4.78 is 14.0. The van der Waals surface area contributed by atoms with E-state index in [0.717, 1.165) is 11.3 Å². The molecule has 4 heteroatoms. The lowest BCUT2D eigenvalue weighted by molar-refractivity contribution is 0.622. The zero-order valence-corrected chi connectivity index (χ0v) is 12.4. The molecule has 0 aliphatic rings. The molecule has 2 nitrogen and oxygen atoms in total. The Balaban J connectivity index is 3.07. The van der Waals surface area contributed by atoms with Gasteiger partial charge in [0.25, 0.3) is 0 Å². The second-order valence-corrected chi connectivity index (χ2v) is 5.68. The highest BCUT2D eigenvalue weighted by atomic mass is 79.9. The van der Waals surface area contributed by atoms with Gasteiger partial charge in [0.15, 0.2) is 5.43 Å². The molecule has 0 radical (unpaired) electrons. The lowest BCUT2D eigenvalue weighted by Crippen LogP contribution is -2.16. The van der Waals surface area contributed by atoms with Crippen LogP contribution in [0.3, 0.4) is 0 Å². The summed E-state index contributed by atoms with van der Waals surface area (Å²) in [4.78, 5) is 15.7. The number of halogens is 2. The number of rotatable bonds is 1. The largest absolute Gasteiger partial charge is 0.358 e. The number of aromatic amines is 1. The Hall–Kier alpha value is -1.16. The van der Waals surface area contributed by atoms with Crippen LogP contribution < -0.4 is 5.43 Å². The second-order valence-electron chi connectivity index (χ2n) is 4.89. The highest BCUT2D eigenvalue weighted by molar-refractivity contribution is 9.10. The summed E-state index contributed by atoms with van der Waals surface area (Å²) in [6.45, 7) is 7.60.